The number of nitrogens with zero attached hydrogens (tertiary/aromatic N) is 2. The van der Waals surface area contributed by atoms with Gasteiger partial charge in [-0.3, -0.25) is 0 Å². The van der Waals surface area contributed by atoms with Crippen LogP contribution in [-0.4, -0.2) is 25.8 Å². The van der Waals surface area contributed by atoms with Crippen molar-refractivity contribution >= 4 is 5.69 Å². The number of nitriles is 1. The molecule has 1 fully saturated rings. The van der Waals surface area contributed by atoms with Crippen molar-refractivity contribution in [3.8, 4) is 6.07 Å². The second-order valence-electron chi connectivity index (χ2n) is 4.66. The molecular weight excluding hydrogens is 212 g/mol. The van der Waals surface area contributed by atoms with Gasteiger partial charge in [0.25, 0.3) is 0 Å². The molecule has 0 aliphatic carbocycles. The number of para-hydroxylation sites is 1. The van der Waals surface area contributed by atoms with Crippen LogP contribution in [-0.2, 0) is 4.74 Å². The Hall–Kier alpha value is -1.53. The number of anilines is 1. The van der Waals surface area contributed by atoms with Crippen molar-refractivity contribution in [2.75, 3.05) is 18.5 Å². The summed E-state index contributed by atoms with van der Waals surface area (Å²) >= 11 is 0. The maximum atomic E-state index is 9.06. The van der Waals surface area contributed by atoms with Crippen molar-refractivity contribution in [2.45, 2.75) is 32.0 Å². The van der Waals surface area contributed by atoms with Crippen molar-refractivity contribution in [3.05, 3.63) is 29.8 Å². The highest BCUT2D eigenvalue weighted by atomic mass is 16.5. The lowest BCUT2D eigenvalue weighted by atomic mass is 10.1. The largest absolute Gasteiger partial charge is 0.373 e. The van der Waals surface area contributed by atoms with Crippen LogP contribution in [0.4, 0.5) is 5.69 Å². The first kappa shape index (κ1) is 11.9. The molecule has 3 heteroatoms. The average molecular weight is 230 g/mol. The zero-order chi connectivity index (χ0) is 12.3. The Bertz CT molecular complexity index is 424. The zero-order valence-electron chi connectivity index (χ0n) is 10.4. The minimum Gasteiger partial charge on any atom is -0.373 e. The van der Waals surface area contributed by atoms with E-state index in [2.05, 4.69) is 17.9 Å². The molecule has 1 aliphatic rings. The highest BCUT2D eigenvalue weighted by Gasteiger charge is 2.23. The zero-order valence-corrected chi connectivity index (χ0v) is 10.4. The number of likely N-dealkylation sites (N-methyl/N-ethyl adjacent to an activating group) is 1. The van der Waals surface area contributed by atoms with Gasteiger partial charge in [-0.15, -0.1) is 0 Å². The van der Waals surface area contributed by atoms with E-state index >= 15 is 0 Å². The van der Waals surface area contributed by atoms with Crippen molar-refractivity contribution in [2.24, 2.45) is 0 Å². The highest BCUT2D eigenvalue weighted by molar-refractivity contribution is 5.58. The van der Waals surface area contributed by atoms with E-state index < -0.39 is 0 Å². The Morgan fingerprint density at radius 3 is 2.82 bits per heavy atom. The highest BCUT2D eigenvalue weighted by Crippen LogP contribution is 2.23. The molecule has 2 atom stereocenters. The van der Waals surface area contributed by atoms with Crippen LogP contribution in [0.2, 0.25) is 0 Å². The molecule has 0 spiro atoms. The fourth-order valence-corrected chi connectivity index (χ4v) is 2.32. The number of ether oxygens (including phenoxy) is 1. The Labute approximate surface area is 103 Å². The summed E-state index contributed by atoms with van der Waals surface area (Å²) in [6, 6.07) is 9.92. The molecule has 1 saturated heterocycles. The number of hydrogen-bond acceptors (Lipinski definition) is 3. The molecule has 0 N–H and O–H groups in total. The number of rotatable bonds is 3. The third-order valence-corrected chi connectivity index (χ3v) is 3.23. The maximum absolute atomic E-state index is 9.06. The van der Waals surface area contributed by atoms with Crippen LogP contribution in [0, 0.1) is 11.3 Å². The standard InChI is InChI=1S/C14H18N2O/c1-11-7-8-13(17-11)10-16(2)14-6-4-3-5-12(14)9-15/h3-6,11,13H,7-8,10H2,1-2H3. The maximum Gasteiger partial charge on any atom is 0.101 e. The molecule has 0 aromatic heterocycles. The molecule has 3 nitrogen and oxygen atoms in total. The lowest BCUT2D eigenvalue weighted by molar-refractivity contribution is 0.0606. The Balaban J connectivity index is 2.04. The first-order valence-corrected chi connectivity index (χ1v) is 6.06. The van der Waals surface area contributed by atoms with Gasteiger partial charge in [0.15, 0.2) is 0 Å². The van der Waals surface area contributed by atoms with E-state index in [9.17, 15) is 0 Å². The monoisotopic (exact) mass is 230 g/mol. The van der Waals surface area contributed by atoms with Gasteiger partial charge in [-0.05, 0) is 31.9 Å². The van der Waals surface area contributed by atoms with Crippen molar-refractivity contribution in [1.29, 1.82) is 5.26 Å². The number of hydrogen-bond donors (Lipinski definition) is 0. The normalized spacial score (nSPS) is 23.4. The molecule has 1 aliphatic heterocycles. The summed E-state index contributed by atoms with van der Waals surface area (Å²) in [5.74, 6) is 0. The summed E-state index contributed by atoms with van der Waals surface area (Å²) in [4.78, 5) is 2.11. The van der Waals surface area contributed by atoms with Crippen LogP contribution in [0.5, 0.6) is 0 Å². The molecule has 1 aromatic carbocycles. The fraction of sp³-hybridized carbons (Fsp3) is 0.500. The average Bonchev–Trinajstić information content (AvgIpc) is 2.74. The minimum absolute atomic E-state index is 0.293. The van der Waals surface area contributed by atoms with Crippen molar-refractivity contribution < 1.29 is 4.74 Å². The lowest BCUT2D eigenvalue weighted by Gasteiger charge is -2.24. The van der Waals surface area contributed by atoms with Crippen LogP contribution in [0.15, 0.2) is 24.3 Å². The predicted octanol–water partition coefficient (Wildman–Crippen LogP) is 2.56. The van der Waals surface area contributed by atoms with Gasteiger partial charge < -0.3 is 9.64 Å². The van der Waals surface area contributed by atoms with E-state index in [4.69, 9.17) is 10.00 Å². The predicted molar refractivity (Wildman–Crippen MR) is 68.0 cm³/mol. The van der Waals surface area contributed by atoms with Gasteiger partial charge >= 0.3 is 0 Å². The Kier molecular flexibility index (Phi) is 3.65. The van der Waals surface area contributed by atoms with Crippen LogP contribution >= 0.6 is 0 Å². The summed E-state index contributed by atoms with van der Waals surface area (Å²) < 4.78 is 5.80. The minimum atomic E-state index is 0.293. The fourth-order valence-electron chi connectivity index (χ4n) is 2.32. The molecule has 17 heavy (non-hydrogen) atoms. The Morgan fingerprint density at radius 1 is 1.41 bits per heavy atom. The molecule has 90 valence electrons. The second-order valence-corrected chi connectivity index (χ2v) is 4.66. The topological polar surface area (TPSA) is 36.3 Å². The second kappa shape index (κ2) is 5.20. The van der Waals surface area contributed by atoms with Gasteiger partial charge in [-0.1, -0.05) is 12.1 Å². The van der Waals surface area contributed by atoms with Crippen LogP contribution < -0.4 is 4.90 Å². The number of benzene rings is 1. The molecular formula is C14H18N2O. The van der Waals surface area contributed by atoms with Crippen LogP contribution in [0.3, 0.4) is 0 Å². The van der Waals surface area contributed by atoms with Crippen LogP contribution in [0.1, 0.15) is 25.3 Å². The van der Waals surface area contributed by atoms with Gasteiger partial charge in [-0.25, -0.2) is 0 Å². The molecule has 0 bridgehead atoms. The summed E-state index contributed by atoms with van der Waals surface area (Å²) in [7, 11) is 2.02. The Morgan fingerprint density at radius 2 is 2.18 bits per heavy atom. The van der Waals surface area contributed by atoms with Gasteiger partial charge in [0.2, 0.25) is 0 Å². The molecule has 0 radical (unpaired) electrons. The smallest absolute Gasteiger partial charge is 0.101 e. The molecule has 1 aromatic rings. The third-order valence-electron chi connectivity index (χ3n) is 3.23. The van der Waals surface area contributed by atoms with E-state index in [1.165, 1.54) is 0 Å². The van der Waals surface area contributed by atoms with Crippen molar-refractivity contribution in [3.63, 3.8) is 0 Å². The summed E-state index contributed by atoms with van der Waals surface area (Å²) in [5, 5.41) is 9.06. The quantitative estimate of drug-likeness (QED) is 0.800. The van der Waals surface area contributed by atoms with E-state index in [1.54, 1.807) is 0 Å². The van der Waals surface area contributed by atoms with Gasteiger partial charge in [0.05, 0.1) is 23.5 Å². The van der Waals surface area contributed by atoms with Crippen molar-refractivity contribution in [1.82, 2.24) is 0 Å². The molecule has 2 unspecified atom stereocenters. The third kappa shape index (κ3) is 2.78. The SMILES string of the molecule is CC1CCC(CN(C)c2ccccc2C#N)O1. The first-order valence-electron chi connectivity index (χ1n) is 6.06. The lowest BCUT2D eigenvalue weighted by Crippen LogP contribution is -2.29. The molecule has 0 saturated carbocycles. The van der Waals surface area contributed by atoms with E-state index in [-0.39, 0.29) is 0 Å². The molecule has 2 rings (SSSR count). The molecule has 1 heterocycles. The first-order chi connectivity index (χ1) is 8.20. The van der Waals surface area contributed by atoms with E-state index in [1.807, 2.05) is 31.3 Å². The van der Waals surface area contributed by atoms with Crippen LogP contribution in [0.25, 0.3) is 0 Å². The summed E-state index contributed by atoms with van der Waals surface area (Å²) in [5.41, 5.74) is 1.71. The van der Waals surface area contributed by atoms with Gasteiger partial charge in [-0.2, -0.15) is 5.26 Å². The summed E-state index contributed by atoms with van der Waals surface area (Å²) in [6.45, 7) is 2.96. The van der Waals surface area contributed by atoms with Gasteiger partial charge in [0, 0.05) is 13.6 Å². The van der Waals surface area contributed by atoms with E-state index in [0.717, 1.165) is 30.6 Å². The van der Waals surface area contributed by atoms with E-state index in [0.29, 0.717) is 12.2 Å². The van der Waals surface area contributed by atoms with Gasteiger partial charge in [0.1, 0.15) is 6.07 Å². The summed E-state index contributed by atoms with van der Waals surface area (Å²) in [6.07, 6.45) is 2.92. The molecule has 0 amide bonds.